The maximum absolute atomic E-state index is 13.9. The van der Waals surface area contributed by atoms with Crippen LogP contribution in [0, 0.1) is 24.7 Å². The van der Waals surface area contributed by atoms with Gasteiger partial charge in [0, 0.05) is 50.1 Å². The number of alkyl carbamates (subject to hydrolysis) is 1. The van der Waals surface area contributed by atoms with Gasteiger partial charge >= 0.3 is 6.09 Å². The summed E-state index contributed by atoms with van der Waals surface area (Å²) in [6.07, 6.45) is 2.95. The Bertz CT molecular complexity index is 2000. The minimum absolute atomic E-state index is 0.0563. The summed E-state index contributed by atoms with van der Waals surface area (Å²) in [5, 5.41) is 19.9. The SMILES string of the molecule is Cc1cc(S(=O)(=O)N(C)C)ccc1-c1cccc(C[C@H](CC(=O)C2CCC(CNC(=O)OC(C)(C)C)CC2)C(=O)Nc2ccc(-c3nn[nH]n3)cc2)c1. The Morgan fingerprint density at radius 2 is 1.68 bits per heavy atom. The lowest BCUT2D eigenvalue weighted by Crippen LogP contribution is -2.37. The number of hydrogen-bond acceptors (Lipinski definition) is 9. The molecule has 0 unspecified atom stereocenters. The molecule has 5 rings (SSSR count). The third kappa shape index (κ3) is 10.6. The Morgan fingerprint density at radius 3 is 2.30 bits per heavy atom. The molecule has 0 radical (unpaired) electrons. The van der Waals surface area contributed by atoms with Crippen LogP contribution >= 0.6 is 0 Å². The fourth-order valence-corrected chi connectivity index (χ4v) is 7.60. The first-order valence-electron chi connectivity index (χ1n) is 17.9. The molecule has 0 spiro atoms. The number of aromatic nitrogens is 4. The van der Waals surface area contributed by atoms with Crippen LogP contribution in [-0.2, 0) is 30.8 Å². The third-order valence-corrected chi connectivity index (χ3v) is 11.3. The van der Waals surface area contributed by atoms with Crippen molar-refractivity contribution in [2.24, 2.45) is 17.8 Å². The smallest absolute Gasteiger partial charge is 0.407 e. The van der Waals surface area contributed by atoms with Gasteiger partial charge in [-0.2, -0.15) is 5.21 Å². The van der Waals surface area contributed by atoms with E-state index in [0.29, 0.717) is 37.3 Å². The van der Waals surface area contributed by atoms with E-state index in [1.54, 1.807) is 42.5 Å². The minimum Gasteiger partial charge on any atom is -0.444 e. The normalized spacial score (nSPS) is 16.9. The van der Waals surface area contributed by atoms with Gasteiger partial charge in [-0.15, -0.1) is 10.2 Å². The number of nitrogens with zero attached hydrogens (tertiary/aromatic N) is 4. The number of aryl methyl sites for hydroxylation is 1. The number of carbonyl (C=O) groups excluding carboxylic acids is 3. The molecule has 0 bridgehead atoms. The van der Waals surface area contributed by atoms with E-state index in [4.69, 9.17) is 4.74 Å². The van der Waals surface area contributed by atoms with Gasteiger partial charge in [0.2, 0.25) is 21.8 Å². The van der Waals surface area contributed by atoms with E-state index in [2.05, 4.69) is 31.3 Å². The molecule has 1 atom stereocenters. The summed E-state index contributed by atoms with van der Waals surface area (Å²) < 4.78 is 32.0. The summed E-state index contributed by atoms with van der Waals surface area (Å²) in [5.74, 6) is -0.324. The van der Waals surface area contributed by atoms with Crippen LogP contribution in [0.5, 0.6) is 0 Å². The standard InChI is InChI=1S/C39H49N7O6S/c1-25-20-33(53(50,51)46(5)6)18-19-34(25)30-9-7-8-27(21-30)22-31(37(48)41-32-16-14-29(15-17-32)36-42-44-45-43-36)23-35(47)28-12-10-26(11-13-28)24-40-38(49)52-39(2,3)4/h7-9,14-21,26,28,31H,10-13,22-24H2,1-6H3,(H,40,49)(H,41,48)(H,42,43,44,45)/t26?,28?,31-/m1/s1. The fraction of sp³-hybridized carbons (Fsp3) is 0.436. The van der Waals surface area contributed by atoms with Crippen molar-refractivity contribution in [1.29, 1.82) is 0 Å². The van der Waals surface area contributed by atoms with Crippen LogP contribution in [0.2, 0.25) is 0 Å². The molecule has 3 N–H and O–H groups in total. The van der Waals surface area contributed by atoms with Crippen molar-refractivity contribution in [3.05, 3.63) is 77.9 Å². The first-order chi connectivity index (χ1) is 25.1. The van der Waals surface area contributed by atoms with Crippen molar-refractivity contribution in [2.45, 2.75) is 76.7 Å². The highest BCUT2D eigenvalue weighted by molar-refractivity contribution is 7.89. The second-order valence-corrected chi connectivity index (χ2v) is 17.1. The highest BCUT2D eigenvalue weighted by atomic mass is 32.2. The summed E-state index contributed by atoms with van der Waals surface area (Å²) in [4.78, 5) is 40.1. The molecule has 4 aromatic rings. The number of nitrogens with one attached hydrogen (secondary N) is 3. The van der Waals surface area contributed by atoms with Gasteiger partial charge in [0.1, 0.15) is 11.4 Å². The summed E-state index contributed by atoms with van der Waals surface area (Å²) in [5.41, 5.74) is 4.18. The number of benzene rings is 3. The molecule has 1 aromatic heterocycles. The number of aromatic amines is 1. The minimum atomic E-state index is -3.58. The largest absolute Gasteiger partial charge is 0.444 e. The first kappa shape index (κ1) is 39.3. The van der Waals surface area contributed by atoms with E-state index in [1.165, 1.54) is 18.4 Å². The number of ketones is 1. The van der Waals surface area contributed by atoms with E-state index in [1.807, 2.05) is 52.0 Å². The maximum Gasteiger partial charge on any atom is 0.407 e. The lowest BCUT2D eigenvalue weighted by molar-refractivity contribution is -0.129. The number of H-pyrrole nitrogens is 1. The maximum atomic E-state index is 13.9. The number of hydrogen-bond donors (Lipinski definition) is 3. The summed E-state index contributed by atoms with van der Waals surface area (Å²) in [7, 11) is -0.579. The van der Waals surface area contributed by atoms with E-state index >= 15 is 0 Å². The topological polar surface area (TPSA) is 176 Å². The molecule has 0 saturated heterocycles. The van der Waals surface area contributed by atoms with Gasteiger partial charge < -0.3 is 15.4 Å². The Kier molecular flexibility index (Phi) is 12.4. The Morgan fingerprint density at radius 1 is 0.962 bits per heavy atom. The monoisotopic (exact) mass is 743 g/mol. The molecular formula is C39H49N7O6S. The van der Waals surface area contributed by atoms with Crippen molar-refractivity contribution in [1.82, 2.24) is 30.2 Å². The molecule has 14 heteroatoms. The molecule has 13 nitrogen and oxygen atoms in total. The van der Waals surface area contributed by atoms with Crippen LogP contribution in [-0.4, -0.2) is 77.4 Å². The second kappa shape index (κ2) is 16.8. The number of rotatable bonds is 13. The van der Waals surface area contributed by atoms with Crippen molar-refractivity contribution in [3.63, 3.8) is 0 Å². The average Bonchev–Trinajstić information content (AvgIpc) is 3.65. The van der Waals surface area contributed by atoms with Crippen LogP contribution in [0.25, 0.3) is 22.5 Å². The molecule has 1 saturated carbocycles. The summed E-state index contributed by atoms with van der Waals surface area (Å²) in [6.45, 7) is 7.84. The predicted molar refractivity (Wildman–Crippen MR) is 202 cm³/mol. The molecule has 0 aliphatic heterocycles. The summed E-state index contributed by atoms with van der Waals surface area (Å²) >= 11 is 0. The Hall–Kier alpha value is -4.95. The molecule has 2 amide bonds. The van der Waals surface area contributed by atoms with Crippen molar-refractivity contribution < 1.29 is 27.5 Å². The molecule has 53 heavy (non-hydrogen) atoms. The summed E-state index contributed by atoms with van der Waals surface area (Å²) in [6, 6.07) is 20.0. The van der Waals surface area contributed by atoms with Gasteiger partial charge in [0.25, 0.3) is 0 Å². The number of tetrazole rings is 1. The van der Waals surface area contributed by atoms with Crippen LogP contribution in [0.1, 0.15) is 64.0 Å². The van der Waals surface area contributed by atoms with E-state index < -0.39 is 27.6 Å². The number of ether oxygens (including phenoxy) is 1. The van der Waals surface area contributed by atoms with E-state index in [9.17, 15) is 22.8 Å². The molecule has 1 heterocycles. The molecule has 1 aliphatic carbocycles. The van der Waals surface area contributed by atoms with Gasteiger partial charge in [0.05, 0.1) is 4.90 Å². The van der Waals surface area contributed by atoms with Gasteiger partial charge in [-0.1, -0.05) is 30.3 Å². The van der Waals surface area contributed by atoms with Crippen LogP contribution in [0.15, 0.2) is 71.6 Å². The second-order valence-electron chi connectivity index (χ2n) is 14.9. The predicted octanol–water partition coefficient (Wildman–Crippen LogP) is 6.18. The lowest BCUT2D eigenvalue weighted by atomic mass is 9.77. The Balaban J connectivity index is 1.30. The highest BCUT2D eigenvalue weighted by Crippen LogP contribution is 2.32. The zero-order valence-electron chi connectivity index (χ0n) is 31.2. The number of Topliss-reactive ketones (excluding diaryl/α,β-unsaturated/α-hetero) is 1. The van der Waals surface area contributed by atoms with Gasteiger partial charge in [-0.05, 0) is 130 Å². The quantitative estimate of drug-likeness (QED) is 0.144. The number of sulfonamides is 1. The van der Waals surface area contributed by atoms with Gasteiger partial charge in [-0.3, -0.25) is 9.59 Å². The molecule has 282 valence electrons. The van der Waals surface area contributed by atoms with Crippen LogP contribution in [0.3, 0.4) is 0 Å². The Labute approximate surface area is 311 Å². The lowest BCUT2D eigenvalue weighted by Gasteiger charge is -2.29. The zero-order valence-corrected chi connectivity index (χ0v) is 32.0. The zero-order chi connectivity index (χ0) is 38.3. The van der Waals surface area contributed by atoms with Crippen LogP contribution in [0.4, 0.5) is 10.5 Å². The van der Waals surface area contributed by atoms with E-state index in [0.717, 1.165) is 40.7 Å². The number of anilines is 1. The molecule has 1 aliphatic rings. The van der Waals surface area contributed by atoms with Crippen molar-refractivity contribution in [3.8, 4) is 22.5 Å². The van der Waals surface area contributed by atoms with Crippen LogP contribution < -0.4 is 10.6 Å². The number of carbonyl (C=O) groups is 3. The number of amides is 2. The van der Waals surface area contributed by atoms with E-state index in [-0.39, 0.29) is 34.8 Å². The van der Waals surface area contributed by atoms with Crippen molar-refractivity contribution in [2.75, 3.05) is 26.0 Å². The van der Waals surface area contributed by atoms with Gasteiger partial charge in [0.15, 0.2) is 0 Å². The molecule has 3 aromatic carbocycles. The van der Waals surface area contributed by atoms with Crippen molar-refractivity contribution >= 4 is 33.5 Å². The fourth-order valence-electron chi connectivity index (χ4n) is 6.61. The molecule has 1 fully saturated rings. The third-order valence-electron chi connectivity index (χ3n) is 9.51. The highest BCUT2D eigenvalue weighted by Gasteiger charge is 2.31. The average molecular weight is 744 g/mol. The van der Waals surface area contributed by atoms with Gasteiger partial charge in [-0.25, -0.2) is 17.5 Å². The molecular weight excluding hydrogens is 695 g/mol. The first-order valence-corrected chi connectivity index (χ1v) is 19.3.